The normalized spacial score (nSPS) is 16.7. The molecule has 1 fully saturated rings. The van der Waals surface area contributed by atoms with E-state index in [1.807, 2.05) is 0 Å². The molecule has 3 heterocycles. The quantitative estimate of drug-likeness (QED) is 0.395. The van der Waals surface area contributed by atoms with E-state index in [-0.39, 0.29) is 35.0 Å². The van der Waals surface area contributed by atoms with Crippen molar-refractivity contribution in [3.8, 4) is 11.4 Å². The van der Waals surface area contributed by atoms with Crippen molar-refractivity contribution >= 4 is 17.7 Å². The average Bonchev–Trinajstić information content (AvgIpc) is 3.19. The lowest BCUT2D eigenvalue weighted by molar-refractivity contribution is -0.141. The molecule has 1 aliphatic heterocycles. The number of benzene rings is 1. The number of nitrogens with zero attached hydrogens (tertiary/aromatic N) is 5. The largest absolute Gasteiger partial charge is 0.406 e. The number of carbonyl (C=O) groups is 1. The Morgan fingerprint density at radius 2 is 1.85 bits per heavy atom. The first kappa shape index (κ1) is 23.2. The molecule has 33 heavy (non-hydrogen) atoms. The van der Waals surface area contributed by atoms with Gasteiger partial charge in [-0.15, -0.1) is 10.2 Å². The van der Waals surface area contributed by atoms with E-state index in [9.17, 15) is 22.4 Å². The van der Waals surface area contributed by atoms with Gasteiger partial charge in [0, 0.05) is 24.5 Å². The lowest BCUT2D eigenvalue weighted by Gasteiger charge is -2.33. The van der Waals surface area contributed by atoms with Crippen molar-refractivity contribution in [3.05, 3.63) is 60.2 Å². The number of pyridine rings is 1. The van der Waals surface area contributed by atoms with Crippen LogP contribution in [0.1, 0.15) is 11.7 Å². The molecule has 1 amide bonds. The van der Waals surface area contributed by atoms with Gasteiger partial charge in [-0.25, -0.2) is 4.39 Å². The molecule has 0 aliphatic carbocycles. The average molecular weight is 481 g/mol. The summed E-state index contributed by atoms with van der Waals surface area (Å²) in [7, 11) is 0. The molecule has 12 heteroatoms. The maximum Gasteiger partial charge on any atom is 0.406 e. The molecule has 4 rings (SSSR count). The summed E-state index contributed by atoms with van der Waals surface area (Å²) in [5.74, 6) is -0.689. The van der Waals surface area contributed by atoms with E-state index in [2.05, 4.69) is 15.2 Å². The van der Waals surface area contributed by atoms with Gasteiger partial charge >= 0.3 is 6.18 Å². The van der Waals surface area contributed by atoms with Crippen molar-refractivity contribution < 1.29 is 27.1 Å². The third-order valence-electron chi connectivity index (χ3n) is 4.98. The van der Waals surface area contributed by atoms with E-state index in [0.717, 1.165) is 21.9 Å². The zero-order valence-electron chi connectivity index (χ0n) is 17.2. The number of aromatic nitrogens is 4. The summed E-state index contributed by atoms with van der Waals surface area (Å²) in [5.41, 5.74) is 1.18. The fraction of sp³-hybridized carbons (Fsp3) is 0.333. The highest BCUT2D eigenvalue weighted by molar-refractivity contribution is 7.99. The van der Waals surface area contributed by atoms with Crippen molar-refractivity contribution in [3.63, 3.8) is 0 Å². The van der Waals surface area contributed by atoms with Crippen LogP contribution in [-0.4, -0.2) is 62.2 Å². The first-order valence-corrected chi connectivity index (χ1v) is 11.0. The van der Waals surface area contributed by atoms with Gasteiger partial charge in [-0.1, -0.05) is 23.9 Å². The molecule has 0 bridgehead atoms. The smallest absolute Gasteiger partial charge is 0.370 e. The summed E-state index contributed by atoms with van der Waals surface area (Å²) in [5, 5.41) is 7.79. The Balaban J connectivity index is 1.45. The first-order chi connectivity index (χ1) is 15.8. The van der Waals surface area contributed by atoms with E-state index >= 15 is 0 Å². The van der Waals surface area contributed by atoms with Gasteiger partial charge in [0.05, 0.1) is 18.9 Å². The molecule has 0 radical (unpaired) electrons. The minimum Gasteiger partial charge on any atom is -0.370 e. The number of alkyl halides is 3. The lowest BCUT2D eigenvalue weighted by Crippen LogP contribution is -2.43. The highest BCUT2D eigenvalue weighted by Crippen LogP contribution is 2.29. The molecular formula is C21H19F4N5O2S. The minimum absolute atomic E-state index is 0.00386. The third-order valence-corrected chi connectivity index (χ3v) is 5.93. The Bertz CT molecular complexity index is 1090. The molecule has 1 unspecified atom stereocenters. The van der Waals surface area contributed by atoms with Gasteiger partial charge in [0.15, 0.2) is 11.0 Å². The summed E-state index contributed by atoms with van der Waals surface area (Å²) >= 11 is 0.896. The van der Waals surface area contributed by atoms with Crippen LogP contribution in [-0.2, 0) is 16.1 Å². The molecule has 1 aromatic carbocycles. The van der Waals surface area contributed by atoms with Crippen LogP contribution in [0.3, 0.4) is 0 Å². The number of amides is 1. The van der Waals surface area contributed by atoms with Gasteiger partial charge < -0.3 is 9.64 Å². The second-order valence-corrected chi connectivity index (χ2v) is 8.23. The summed E-state index contributed by atoms with van der Waals surface area (Å²) in [6, 6.07) is 8.93. The zero-order chi connectivity index (χ0) is 23.4. The van der Waals surface area contributed by atoms with Gasteiger partial charge in [-0.3, -0.25) is 14.3 Å². The van der Waals surface area contributed by atoms with Crippen LogP contribution in [0.5, 0.6) is 0 Å². The monoisotopic (exact) mass is 481 g/mol. The molecule has 1 aliphatic rings. The second-order valence-electron chi connectivity index (χ2n) is 7.28. The van der Waals surface area contributed by atoms with E-state index in [1.54, 1.807) is 29.2 Å². The van der Waals surface area contributed by atoms with Gasteiger partial charge in [0.2, 0.25) is 5.91 Å². The molecule has 0 saturated carbocycles. The standard InChI is InChI=1S/C21H19F4N5O2S/c22-16-3-1-14(2-4-16)17-11-29(9-10-32-17)18(31)12-33-20-28-27-19(15-5-7-26-8-6-15)30(20)13-21(23,24)25/h1-8,17H,9-13H2. The SMILES string of the molecule is O=C(CSc1nnc(-c2ccncc2)n1CC(F)(F)F)N1CCOC(c2ccc(F)cc2)C1. The molecule has 2 aromatic heterocycles. The summed E-state index contributed by atoms with van der Waals surface area (Å²) in [6.45, 7) is -0.357. The van der Waals surface area contributed by atoms with Crippen LogP contribution in [0.4, 0.5) is 17.6 Å². The van der Waals surface area contributed by atoms with Gasteiger partial charge in [0.25, 0.3) is 0 Å². The van der Waals surface area contributed by atoms with Crippen LogP contribution < -0.4 is 0 Å². The Morgan fingerprint density at radius 3 is 2.55 bits per heavy atom. The Morgan fingerprint density at radius 1 is 1.12 bits per heavy atom. The Labute approximate surface area is 190 Å². The van der Waals surface area contributed by atoms with Crippen molar-refractivity contribution in [2.75, 3.05) is 25.4 Å². The Hall–Kier alpha value is -2.99. The van der Waals surface area contributed by atoms with Crippen molar-refractivity contribution in [2.24, 2.45) is 0 Å². The van der Waals surface area contributed by atoms with Crippen LogP contribution in [0.15, 0.2) is 53.9 Å². The van der Waals surface area contributed by atoms with Crippen LogP contribution >= 0.6 is 11.8 Å². The molecule has 1 saturated heterocycles. The summed E-state index contributed by atoms with van der Waals surface area (Å²) in [4.78, 5) is 18.2. The van der Waals surface area contributed by atoms with Gasteiger partial charge in [0.1, 0.15) is 18.5 Å². The van der Waals surface area contributed by atoms with Crippen molar-refractivity contribution in [2.45, 2.75) is 24.0 Å². The number of rotatable bonds is 6. The second kappa shape index (κ2) is 9.87. The van der Waals surface area contributed by atoms with E-state index in [4.69, 9.17) is 4.74 Å². The molecule has 0 N–H and O–H groups in total. The predicted octanol–water partition coefficient (Wildman–Crippen LogP) is 3.73. The maximum atomic E-state index is 13.2. The van der Waals surface area contributed by atoms with E-state index < -0.39 is 18.8 Å². The van der Waals surface area contributed by atoms with Crippen molar-refractivity contribution in [1.29, 1.82) is 0 Å². The molecule has 3 aromatic rings. The van der Waals surface area contributed by atoms with Crippen molar-refractivity contribution in [1.82, 2.24) is 24.6 Å². The molecule has 174 valence electrons. The Kier molecular flexibility index (Phi) is 6.94. The number of halogens is 4. The van der Waals surface area contributed by atoms with Gasteiger partial charge in [-0.05, 0) is 29.8 Å². The molecular weight excluding hydrogens is 462 g/mol. The fourth-order valence-corrected chi connectivity index (χ4v) is 4.24. The summed E-state index contributed by atoms with van der Waals surface area (Å²) in [6.07, 6.45) is -1.99. The topological polar surface area (TPSA) is 73.1 Å². The highest BCUT2D eigenvalue weighted by Gasteiger charge is 2.32. The highest BCUT2D eigenvalue weighted by atomic mass is 32.2. The maximum absolute atomic E-state index is 13.2. The van der Waals surface area contributed by atoms with Crippen LogP contribution in [0.2, 0.25) is 0 Å². The van der Waals surface area contributed by atoms with Crippen LogP contribution in [0, 0.1) is 5.82 Å². The summed E-state index contributed by atoms with van der Waals surface area (Å²) < 4.78 is 59.4. The predicted molar refractivity (Wildman–Crippen MR) is 112 cm³/mol. The van der Waals surface area contributed by atoms with Crippen LogP contribution in [0.25, 0.3) is 11.4 Å². The number of ether oxygens (including phenoxy) is 1. The molecule has 7 nitrogen and oxygen atoms in total. The number of carbonyl (C=O) groups excluding carboxylic acids is 1. The zero-order valence-corrected chi connectivity index (χ0v) is 18.0. The van der Waals surface area contributed by atoms with E-state index in [0.29, 0.717) is 18.7 Å². The number of hydrogen-bond donors (Lipinski definition) is 0. The number of hydrogen-bond acceptors (Lipinski definition) is 6. The molecule has 0 spiro atoms. The number of morpholine rings is 1. The van der Waals surface area contributed by atoms with Gasteiger partial charge in [-0.2, -0.15) is 13.2 Å². The lowest BCUT2D eigenvalue weighted by atomic mass is 10.1. The fourth-order valence-electron chi connectivity index (χ4n) is 3.40. The third kappa shape index (κ3) is 5.88. The first-order valence-electron chi connectivity index (χ1n) is 9.98. The number of thioether (sulfide) groups is 1. The minimum atomic E-state index is -4.49. The van der Waals surface area contributed by atoms with E-state index in [1.165, 1.54) is 24.5 Å². The molecule has 1 atom stereocenters.